The van der Waals surface area contributed by atoms with E-state index in [1.807, 2.05) is 35.2 Å². The summed E-state index contributed by atoms with van der Waals surface area (Å²) in [6.07, 6.45) is 3.67. The fourth-order valence-electron chi connectivity index (χ4n) is 4.28. The minimum Gasteiger partial charge on any atom is -0.384 e. The van der Waals surface area contributed by atoms with E-state index in [0.717, 1.165) is 45.3 Å². The molecule has 0 aliphatic carbocycles. The maximum Gasteiger partial charge on any atom is 0.251 e. The molecule has 6 nitrogen and oxygen atoms in total. The zero-order chi connectivity index (χ0) is 19.1. The van der Waals surface area contributed by atoms with Crippen LogP contribution >= 0.6 is 0 Å². The van der Waals surface area contributed by atoms with Crippen molar-refractivity contribution in [3.63, 3.8) is 0 Å². The number of amides is 2. The lowest BCUT2D eigenvalue weighted by Gasteiger charge is -2.42. The molecule has 148 valence electrons. The first-order chi connectivity index (χ1) is 13.1. The van der Waals surface area contributed by atoms with E-state index in [9.17, 15) is 9.59 Å². The van der Waals surface area contributed by atoms with Gasteiger partial charge in [0.2, 0.25) is 5.91 Å². The topological polar surface area (TPSA) is 70.7 Å². The zero-order valence-corrected chi connectivity index (χ0v) is 16.2. The molecule has 27 heavy (non-hydrogen) atoms. The fraction of sp³-hybridized carbons (Fsp3) is 0.619. The Kier molecular flexibility index (Phi) is 6.85. The van der Waals surface area contributed by atoms with Crippen molar-refractivity contribution in [2.24, 2.45) is 11.3 Å². The molecule has 2 saturated heterocycles. The summed E-state index contributed by atoms with van der Waals surface area (Å²) in [6, 6.07) is 9.27. The highest BCUT2D eigenvalue weighted by molar-refractivity contribution is 5.94. The highest BCUT2D eigenvalue weighted by Gasteiger charge is 2.43. The Balaban J connectivity index is 1.56. The van der Waals surface area contributed by atoms with E-state index < -0.39 is 5.41 Å². The maximum absolute atomic E-state index is 13.3. The summed E-state index contributed by atoms with van der Waals surface area (Å²) in [5.74, 6) is 0.481. The number of carbonyl (C=O) groups is 2. The molecule has 0 radical (unpaired) electrons. The van der Waals surface area contributed by atoms with Gasteiger partial charge in [0.05, 0.1) is 12.0 Å². The van der Waals surface area contributed by atoms with Crippen LogP contribution in [0.1, 0.15) is 36.0 Å². The van der Waals surface area contributed by atoms with Gasteiger partial charge >= 0.3 is 0 Å². The van der Waals surface area contributed by atoms with Gasteiger partial charge in [0.1, 0.15) is 0 Å². The Morgan fingerprint density at radius 2 is 2.00 bits per heavy atom. The number of hydrogen-bond acceptors (Lipinski definition) is 4. The van der Waals surface area contributed by atoms with Gasteiger partial charge in [-0.3, -0.25) is 9.59 Å². The third-order valence-electron chi connectivity index (χ3n) is 5.83. The second kappa shape index (κ2) is 9.33. The molecule has 1 unspecified atom stereocenters. The maximum atomic E-state index is 13.3. The quantitative estimate of drug-likeness (QED) is 0.796. The Morgan fingerprint density at radius 1 is 1.26 bits per heavy atom. The molecule has 2 aliphatic rings. The Hall–Kier alpha value is -1.92. The SMILES string of the molecule is COCC1(C(=O)N2CCCC(CNC(=O)c3ccccc3)C2)CCNCC1. The van der Waals surface area contributed by atoms with Crippen molar-refractivity contribution in [2.75, 3.05) is 46.4 Å². The summed E-state index contributed by atoms with van der Waals surface area (Å²) >= 11 is 0. The van der Waals surface area contributed by atoms with Gasteiger partial charge in [0.15, 0.2) is 0 Å². The summed E-state index contributed by atoms with van der Waals surface area (Å²) in [4.78, 5) is 27.6. The highest BCUT2D eigenvalue weighted by atomic mass is 16.5. The van der Waals surface area contributed by atoms with E-state index in [0.29, 0.717) is 31.2 Å². The van der Waals surface area contributed by atoms with Gasteiger partial charge in [-0.2, -0.15) is 0 Å². The van der Waals surface area contributed by atoms with Crippen LogP contribution in [0, 0.1) is 11.3 Å². The third kappa shape index (κ3) is 4.87. The van der Waals surface area contributed by atoms with Gasteiger partial charge in [-0.15, -0.1) is 0 Å². The van der Waals surface area contributed by atoms with Crippen LogP contribution in [0.25, 0.3) is 0 Å². The molecule has 2 amide bonds. The summed E-state index contributed by atoms with van der Waals surface area (Å²) in [5, 5.41) is 6.37. The number of benzene rings is 1. The minimum absolute atomic E-state index is 0.0479. The molecule has 1 atom stereocenters. The second-order valence-corrected chi connectivity index (χ2v) is 7.80. The van der Waals surface area contributed by atoms with Crippen LogP contribution in [-0.4, -0.2) is 63.2 Å². The van der Waals surface area contributed by atoms with E-state index in [1.54, 1.807) is 7.11 Å². The summed E-state index contributed by atoms with van der Waals surface area (Å²) in [6.45, 7) is 4.34. The number of methoxy groups -OCH3 is 1. The number of likely N-dealkylation sites (tertiary alicyclic amines) is 1. The van der Waals surface area contributed by atoms with Crippen molar-refractivity contribution in [2.45, 2.75) is 25.7 Å². The normalized spacial score (nSPS) is 22.3. The van der Waals surface area contributed by atoms with E-state index in [2.05, 4.69) is 10.6 Å². The fourth-order valence-corrected chi connectivity index (χ4v) is 4.28. The van der Waals surface area contributed by atoms with Crippen molar-refractivity contribution < 1.29 is 14.3 Å². The average Bonchev–Trinajstić information content (AvgIpc) is 2.73. The monoisotopic (exact) mass is 373 g/mol. The molecule has 6 heteroatoms. The van der Waals surface area contributed by atoms with Crippen LogP contribution in [0.15, 0.2) is 30.3 Å². The number of nitrogens with one attached hydrogen (secondary N) is 2. The number of piperidine rings is 2. The van der Waals surface area contributed by atoms with E-state index >= 15 is 0 Å². The van der Waals surface area contributed by atoms with Gasteiger partial charge in [-0.1, -0.05) is 18.2 Å². The molecular weight excluding hydrogens is 342 g/mol. The molecule has 0 aromatic heterocycles. The largest absolute Gasteiger partial charge is 0.384 e. The number of nitrogens with zero attached hydrogens (tertiary/aromatic N) is 1. The molecule has 3 rings (SSSR count). The summed E-state index contributed by atoms with van der Waals surface area (Å²) in [7, 11) is 1.68. The lowest BCUT2D eigenvalue weighted by molar-refractivity contribution is -0.149. The van der Waals surface area contributed by atoms with Gasteiger partial charge in [0.25, 0.3) is 5.91 Å². The Morgan fingerprint density at radius 3 is 2.70 bits per heavy atom. The average molecular weight is 373 g/mol. The van der Waals surface area contributed by atoms with Gasteiger partial charge < -0.3 is 20.3 Å². The standard InChI is InChI=1S/C21H31N3O3/c1-27-16-21(9-11-22-12-10-21)20(26)24-13-5-6-17(15-24)14-23-19(25)18-7-3-2-4-8-18/h2-4,7-8,17,22H,5-6,9-16H2,1H3,(H,23,25). The van der Waals surface area contributed by atoms with Gasteiger partial charge in [-0.25, -0.2) is 0 Å². The summed E-state index contributed by atoms with van der Waals surface area (Å²) < 4.78 is 5.42. The number of rotatable bonds is 6. The Bertz CT molecular complexity index is 623. The van der Waals surface area contributed by atoms with E-state index in [1.165, 1.54) is 0 Å². The van der Waals surface area contributed by atoms with Crippen molar-refractivity contribution in [3.8, 4) is 0 Å². The molecule has 2 fully saturated rings. The smallest absolute Gasteiger partial charge is 0.251 e. The van der Waals surface area contributed by atoms with E-state index in [4.69, 9.17) is 4.74 Å². The zero-order valence-electron chi connectivity index (χ0n) is 16.2. The Labute approximate surface area is 161 Å². The molecule has 2 aliphatic heterocycles. The molecule has 0 saturated carbocycles. The second-order valence-electron chi connectivity index (χ2n) is 7.80. The molecule has 0 spiro atoms. The third-order valence-corrected chi connectivity index (χ3v) is 5.83. The van der Waals surface area contributed by atoms with Crippen LogP contribution in [0.4, 0.5) is 0 Å². The first-order valence-corrected chi connectivity index (χ1v) is 9.97. The molecule has 1 aromatic rings. The lowest BCUT2D eigenvalue weighted by Crippen LogP contribution is -2.54. The van der Waals surface area contributed by atoms with Crippen LogP contribution < -0.4 is 10.6 Å². The van der Waals surface area contributed by atoms with Crippen molar-refractivity contribution in [1.82, 2.24) is 15.5 Å². The van der Waals surface area contributed by atoms with Crippen LogP contribution in [-0.2, 0) is 9.53 Å². The van der Waals surface area contributed by atoms with Crippen molar-refractivity contribution in [3.05, 3.63) is 35.9 Å². The first kappa shape index (κ1) is 19.8. The molecule has 0 bridgehead atoms. The van der Waals surface area contributed by atoms with Gasteiger partial charge in [-0.05, 0) is 56.8 Å². The number of hydrogen-bond donors (Lipinski definition) is 2. The van der Waals surface area contributed by atoms with Crippen molar-refractivity contribution >= 4 is 11.8 Å². The molecular formula is C21H31N3O3. The highest BCUT2D eigenvalue weighted by Crippen LogP contribution is 2.33. The summed E-state index contributed by atoms with van der Waals surface area (Å²) in [5.41, 5.74) is 0.282. The molecule has 2 N–H and O–H groups in total. The van der Waals surface area contributed by atoms with Crippen molar-refractivity contribution in [1.29, 1.82) is 0 Å². The number of ether oxygens (including phenoxy) is 1. The molecule has 2 heterocycles. The van der Waals surface area contributed by atoms with Gasteiger partial charge in [0, 0.05) is 32.3 Å². The number of carbonyl (C=O) groups excluding carboxylic acids is 2. The van der Waals surface area contributed by atoms with E-state index in [-0.39, 0.29) is 11.8 Å². The predicted molar refractivity (Wildman–Crippen MR) is 104 cm³/mol. The van der Waals surface area contributed by atoms with Crippen LogP contribution in [0.2, 0.25) is 0 Å². The lowest BCUT2D eigenvalue weighted by atomic mass is 9.77. The first-order valence-electron chi connectivity index (χ1n) is 9.97. The molecule has 1 aromatic carbocycles. The predicted octanol–water partition coefficient (Wildman–Crippen LogP) is 1.67. The van der Waals surface area contributed by atoms with Crippen LogP contribution in [0.3, 0.4) is 0 Å². The minimum atomic E-state index is -0.394. The van der Waals surface area contributed by atoms with Crippen LogP contribution in [0.5, 0.6) is 0 Å².